The lowest BCUT2D eigenvalue weighted by Gasteiger charge is -1.92. The highest BCUT2D eigenvalue weighted by Crippen LogP contribution is 2.37. The van der Waals surface area contributed by atoms with Crippen LogP contribution < -0.4 is 5.43 Å². The predicted molar refractivity (Wildman–Crippen MR) is 47.6 cm³/mol. The molecule has 11 heavy (non-hydrogen) atoms. The zero-order valence-electron chi connectivity index (χ0n) is 5.12. The molecule has 0 heterocycles. The molecule has 0 N–H and O–H groups in total. The van der Waals surface area contributed by atoms with E-state index in [2.05, 4.69) is 0 Å². The average molecular weight is 207 g/mol. The molecule has 0 aliphatic heterocycles. The van der Waals surface area contributed by atoms with Crippen molar-refractivity contribution in [2.24, 2.45) is 0 Å². The van der Waals surface area contributed by atoms with E-state index in [1.807, 2.05) is 0 Å². The highest BCUT2D eigenvalue weighted by Gasteiger charge is 2.20. The van der Waals surface area contributed by atoms with Crippen LogP contribution in [0.3, 0.4) is 0 Å². The molecule has 1 nitrogen and oxygen atoms in total. The molecule has 0 atom stereocenters. The van der Waals surface area contributed by atoms with Gasteiger partial charge in [0.1, 0.15) is 0 Å². The Bertz CT molecular complexity index is 451. The van der Waals surface area contributed by atoms with Gasteiger partial charge in [-0.15, -0.1) is 0 Å². The minimum Gasteiger partial charge on any atom is -0.289 e. The second kappa shape index (κ2) is 2.13. The van der Waals surface area contributed by atoms with Crippen molar-refractivity contribution in [2.75, 3.05) is 0 Å². The molecular weight excluding hydrogens is 206 g/mol. The summed E-state index contributed by atoms with van der Waals surface area (Å²) in [5.74, 6) is 0. The molecule has 0 saturated heterocycles. The summed E-state index contributed by atoms with van der Waals surface area (Å²) in [6.07, 6.45) is 0. The van der Waals surface area contributed by atoms with Crippen molar-refractivity contribution in [3.8, 4) is 0 Å². The molecule has 0 aromatic heterocycles. The van der Waals surface area contributed by atoms with E-state index < -0.39 is 0 Å². The quantitative estimate of drug-likeness (QED) is 0.607. The normalized spacial score (nSPS) is 11.5. The number of rotatable bonds is 0. The Hall–Kier alpha value is -0.240. The van der Waals surface area contributed by atoms with E-state index in [1.54, 1.807) is 0 Å². The van der Waals surface area contributed by atoms with Crippen LogP contribution in [0.4, 0.5) is 0 Å². The van der Waals surface area contributed by atoms with Gasteiger partial charge in [0.05, 0.1) is 20.5 Å². The molecular formula is C7HCl3O. The fourth-order valence-electron chi connectivity index (χ4n) is 0.944. The first-order valence-corrected chi connectivity index (χ1v) is 3.98. The van der Waals surface area contributed by atoms with Gasteiger partial charge < -0.3 is 0 Å². The Morgan fingerprint density at radius 1 is 1.09 bits per heavy atom. The summed E-state index contributed by atoms with van der Waals surface area (Å²) in [4.78, 5) is 10.9. The van der Waals surface area contributed by atoms with Gasteiger partial charge in [0, 0.05) is 5.39 Å². The van der Waals surface area contributed by atoms with Gasteiger partial charge >= 0.3 is 0 Å². The molecule has 0 aliphatic rings. The smallest absolute Gasteiger partial charge is 0.196 e. The average Bonchev–Trinajstić information content (AvgIpc) is 2.57. The monoisotopic (exact) mass is 206 g/mol. The first kappa shape index (κ1) is 7.41. The van der Waals surface area contributed by atoms with Crippen LogP contribution in [0.2, 0.25) is 15.1 Å². The number of halogens is 3. The van der Waals surface area contributed by atoms with Gasteiger partial charge in [0.2, 0.25) is 0 Å². The molecule has 56 valence electrons. The lowest BCUT2D eigenvalue weighted by atomic mass is 10.4. The van der Waals surface area contributed by atoms with Crippen LogP contribution in [0.25, 0.3) is 10.8 Å². The predicted octanol–water partition coefficient (Wildman–Crippen LogP) is 3.04. The van der Waals surface area contributed by atoms with E-state index in [0.717, 1.165) is 0 Å². The fourth-order valence-corrected chi connectivity index (χ4v) is 1.63. The lowest BCUT2D eigenvalue weighted by Crippen LogP contribution is -1.68. The SMILES string of the molecule is O=c1c2cc(Cl)c(Cl)c(Cl)c12. The van der Waals surface area contributed by atoms with Gasteiger partial charge in [-0.25, -0.2) is 0 Å². The van der Waals surface area contributed by atoms with E-state index in [0.29, 0.717) is 15.8 Å². The molecule has 2 aromatic rings. The van der Waals surface area contributed by atoms with Gasteiger partial charge in [0.15, 0.2) is 5.43 Å². The maximum absolute atomic E-state index is 10.9. The maximum Gasteiger partial charge on any atom is 0.196 e. The minimum atomic E-state index is -0.0520. The van der Waals surface area contributed by atoms with Crippen LogP contribution in [0, 0.1) is 0 Å². The third-order valence-corrected chi connectivity index (χ3v) is 2.83. The Morgan fingerprint density at radius 2 is 1.73 bits per heavy atom. The molecule has 2 aromatic carbocycles. The summed E-state index contributed by atoms with van der Waals surface area (Å²) >= 11 is 17.0. The molecule has 0 unspecified atom stereocenters. The zero-order valence-corrected chi connectivity index (χ0v) is 7.39. The van der Waals surface area contributed by atoms with E-state index >= 15 is 0 Å². The zero-order chi connectivity index (χ0) is 8.17. The Labute approximate surface area is 77.2 Å². The summed E-state index contributed by atoms with van der Waals surface area (Å²) in [6, 6.07) is 1.54. The summed E-state index contributed by atoms with van der Waals surface area (Å²) in [5, 5.41) is 1.98. The second-order valence-corrected chi connectivity index (χ2v) is 3.40. The van der Waals surface area contributed by atoms with Gasteiger partial charge in [-0.2, -0.15) is 0 Å². The number of hydrogen-bond donors (Lipinski definition) is 0. The van der Waals surface area contributed by atoms with Crippen molar-refractivity contribution in [1.82, 2.24) is 0 Å². The molecule has 4 heteroatoms. The summed E-state index contributed by atoms with van der Waals surface area (Å²) in [5.41, 5.74) is -0.0520. The highest BCUT2D eigenvalue weighted by atomic mass is 35.5. The standard InChI is InChI=1S/C7HCl3O/c8-3-1-2-4(7(2)11)6(10)5(3)9/h1H. The molecule has 0 saturated carbocycles. The van der Waals surface area contributed by atoms with Crippen molar-refractivity contribution in [3.05, 3.63) is 31.4 Å². The van der Waals surface area contributed by atoms with Gasteiger partial charge in [-0.3, -0.25) is 4.79 Å². The van der Waals surface area contributed by atoms with E-state index in [1.165, 1.54) is 6.07 Å². The molecule has 0 bridgehead atoms. The van der Waals surface area contributed by atoms with Gasteiger partial charge in [-0.05, 0) is 6.07 Å². The fraction of sp³-hybridized carbons (Fsp3) is 0. The Balaban J connectivity index is 2.94. The third kappa shape index (κ3) is 0.886. The first-order valence-electron chi connectivity index (χ1n) is 2.85. The summed E-state index contributed by atoms with van der Waals surface area (Å²) in [7, 11) is 0. The van der Waals surface area contributed by atoms with Crippen molar-refractivity contribution in [2.45, 2.75) is 0 Å². The maximum atomic E-state index is 10.9. The van der Waals surface area contributed by atoms with Crippen LogP contribution in [0.15, 0.2) is 10.9 Å². The van der Waals surface area contributed by atoms with Crippen LogP contribution in [0.5, 0.6) is 0 Å². The van der Waals surface area contributed by atoms with Crippen molar-refractivity contribution in [3.63, 3.8) is 0 Å². The van der Waals surface area contributed by atoms with E-state index in [-0.39, 0.29) is 15.5 Å². The number of hydrogen-bond acceptors (Lipinski definition) is 1. The van der Waals surface area contributed by atoms with Crippen molar-refractivity contribution < 1.29 is 0 Å². The number of benzene rings is 1. The second-order valence-electron chi connectivity index (χ2n) is 2.24. The summed E-state index contributed by atoms with van der Waals surface area (Å²) in [6.45, 7) is 0. The highest BCUT2D eigenvalue weighted by molar-refractivity contribution is 6.51. The minimum absolute atomic E-state index is 0.0520. The van der Waals surface area contributed by atoms with Crippen molar-refractivity contribution >= 4 is 45.6 Å². The van der Waals surface area contributed by atoms with Crippen LogP contribution in [-0.2, 0) is 0 Å². The topological polar surface area (TPSA) is 17.1 Å². The third-order valence-electron chi connectivity index (χ3n) is 1.57. The molecule has 0 spiro atoms. The van der Waals surface area contributed by atoms with E-state index in [9.17, 15) is 4.79 Å². The molecule has 0 amide bonds. The first-order chi connectivity index (χ1) is 5.13. The number of fused-ring (bicyclic) bond motifs is 1. The van der Waals surface area contributed by atoms with Crippen molar-refractivity contribution in [1.29, 1.82) is 0 Å². The molecule has 0 fully saturated rings. The van der Waals surface area contributed by atoms with E-state index in [4.69, 9.17) is 34.8 Å². The molecule has 0 radical (unpaired) electrons. The summed E-state index contributed by atoms with van der Waals surface area (Å²) < 4.78 is 0. The van der Waals surface area contributed by atoms with Crippen LogP contribution >= 0.6 is 34.8 Å². The van der Waals surface area contributed by atoms with Crippen LogP contribution in [0.1, 0.15) is 0 Å². The lowest BCUT2D eigenvalue weighted by molar-refractivity contribution is 1.87. The Morgan fingerprint density at radius 3 is 2.36 bits per heavy atom. The van der Waals surface area contributed by atoms with Crippen LogP contribution in [-0.4, -0.2) is 0 Å². The molecule has 0 aliphatic carbocycles. The molecule has 2 rings (SSSR count). The largest absolute Gasteiger partial charge is 0.289 e. The van der Waals surface area contributed by atoms with Gasteiger partial charge in [-0.1, -0.05) is 34.8 Å². The Kier molecular flexibility index (Phi) is 1.43. The van der Waals surface area contributed by atoms with Gasteiger partial charge in [0.25, 0.3) is 0 Å².